The molecule has 1 atom stereocenters. The van der Waals surface area contributed by atoms with Crippen LogP contribution in [0.2, 0.25) is 0 Å². The largest absolute Gasteiger partial charge is 0.298 e. The third kappa shape index (κ3) is 1.92. The fourth-order valence-electron chi connectivity index (χ4n) is 2.43. The summed E-state index contributed by atoms with van der Waals surface area (Å²) < 4.78 is 0.319. The fraction of sp³-hybridized carbons (Fsp3) is 1.00. The molecule has 0 amide bonds. The topological polar surface area (TPSA) is 6.48 Å². The number of hydrogen-bond acceptors (Lipinski definition) is 2. The van der Waals surface area contributed by atoms with E-state index in [9.17, 15) is 0 Å². The van der Waals surface area contributed by atoms with Crippen LogP contribution in [0.15, 0.2) is 0 Å². The Morgan fingerprint density at radius 1 is 1.23 bits per heavy atom. The van der Waals surface area contributed by atoms with Gasteiger partial charge >= 0.3 is 0 Å². The maximum Gasteiger partial charge on any atom is 0.0896 e. The van der Waals surface area contributed by atoms with E-state index >= 15 is 0 Å². The molecule has 0 saturated carbocycles. The minimum Gasteiger partial charge on any atom is -0.298 e. The van der Waals surface area contributed by atoms with Crippen molar-refractivity contribution in [1.29, 1.82) is 0 Å². The van der Waals surface area contributed by atoms with Gasteiger partial charge < -0.3 is 0 Å². The van der Waals surface area contributed by atoms with E-state index in [0.717, 1.165) is 0 Å². The van der Waals surface area contributed by atoms with Crippen molar-refractivity contribution < 1.29 is 0 Å². The van der Waals surface area contributed by atoms with Crippen LogP contribution in [0.5, 0.6) is 0 Å². The predicted octanol–water partition coefficient (Wildman–Crippen LogP) is 1.90. The first-order chi connectivity index (χ1) is 6.24. The van der Waals surface area contributed by atoms with Gasteiger partial charge in [0.2, 0.25) is 0 Å². The molecule has 13 heavy (non-hydrogen) atoms. The van der Waals surface area contributed by atoms with Crippen LogP contribution < -0.4 is 0 Å². The lowest BCUT2D eigenvalue weighted by Gasteiger charge is -2.53. The first-order valence-electron chi connectivity index (χ1n) is 5.41. The molecule has 3 rings (SSSR count). The summed E-state index contributed by atoms with van der Waals surface area (Å²) in [5, 5.41) is 0. The molecule has 3 heterocycles. The van der Waals surface area contributed by atoms with Crippen molar-refractivity contribution in [1.82, 2.24) is 9.80 Å². The molecule has 1 unspecified atom stereocenters. The van der Waals surface area contributed by atoms with Gasteiger partial charge in [0.05, 0.1) is 4.45 Å². The molecule has 3 aliphatic rings. The van der Waals surface area contributed by atoms with Crippen molar-refractivity contribution in [3.05, 3.63) is 0 Å². The molecule has 0 aromatic rings. The Bertz CT molecular complexity index is 178. The Labute approximate surface area is 89.4 Å². The van der Waals surface area contributed by atoms with E-state index in [1.807, 2.05) is 0 Å². The molecule has 0 aromatic heterocycles. The summed E-state index contributed by atoms with van der Waals surface area (Å²) in [6, 6.07) is 0. The smallest absolute Gasteiger partial charge is 0.0896 e. The Balaban J connectivity index is 1.97. The van der Waals surface area contributed by atoms with Gasteiger partial charge in [0.15, 0.2) is 0 Å². The highest BCUT2D eigenvalue weighted by atomic mass is 79.9. The highest BCUT2D eigenvalue weighted by Crippen LogP contribution is 2.35. The molecule has 0 N–H and O–H groups in total. The van der Waals surface area contributed by atoms with Crippen LogP contribution in [0.1, 0.15) is 26.2 Å². The van der Waals surface area contributed by atoms with Crippen molar-refractivity contribution in [2.75, 3.05) is 32.7 Å². The molecule has 3 fully saturated rings. The first kappa shape index (κ1) is 9.94. The van der Waals surface area contributed by atoms with E-state index < -0.39 is 0 Å². The molecule has 0 spiro atoms. The number of alkyl halides is 1. The van der Waals surface area contributed by atoms with Crippen molar-refractivity contribution >= 4 is 15.9 Å². The zero-order valence-corrected chi connectivity index (χ0v) is 10.0. The zero-order chi connectivity index (χ0) is 9.31. The lowest BCUT2D eigenvalue weighted by atomic mass is 10.0. The van der Waals surface area contributed by atoms with Crippen LogP contribution in [0.4, 0.5) is 0 Å². The van der Waals surface area contributed by atoms with E-state index in [4.69, 9.17) is 0 Å². The van der Waals surface area contributed by atoms with Gasteiger partial charge in [-0.2, -0.15) is 0 Å². The quantitative estimate of drug-likeness (QED) is 0.555. The maximum absolute atomic E-state index is 3.94. The third-order valence-electron chi connectivity index (χ3n) is 3.32. The number of fused-ring (bicyclic) bond motifs is 3. The highest BCUT2D eigenvalue weighted by molar-refractivity contribution is 9.10. The van der Waals surface area contributed by atoms with Crippen LogP contribution in [0, 0.1) is 0 Å². The standard InChI is InChI=1S/C10H19BrN2/c1-2-3-4-10(11)9-12-5-7-13(10)8-6-12/h2-9H2,1H3. The summed E-state index contributed by atoms with van der Waals surface area (Å²) in [5.41, 5.74) is 0. The highest BCUT2D eigenvalue weighted by Gasteiger charge is 2.42. The number of rotatable bonds is 3. The summed E-state index contributed by atoms with van der Waals surface area (Å²) in [6.45, 7) is 8.57. The Morgan fingerprint density at radius 3 is 2.38 bits per heavy atom. The van der Waals surface area contributed by atoms with Crippen LogP contribution in [-0.2, 0) is 0 Å². The van der Waals surface area contributed by atoms with Crippen molar-refractivity contribution in [2.24, 2.45) is 0 Å². The average molecular weight is 247 g/mol. The van der Waals surface area contributed by atoms with Crippen LogP contribution in [0.25, 0.3) is 0 Å². The van der Waals surface area contributed by atoms with Gasteiger partial charge in [-0.05, 0) is 6.42 Å². The van der Waals surface area contributed by atoms with E-state index in [1.165, 1.54) is 52.0 Å². The van der Waals surface area contributed by atoms with Gasteiger partial charge in [0.25, 0.3) is 0 Å². The SMILES string of the molecule is CCCCC1(Br)CN2CCN1CC2. The fourth-order valence-corrected chi connectivity index (χ4v) is 3.42. The molecular weight excluding hydrogens is 228 g/mol. The maximum atomic E-state index is 3.94. The minimum atomic E-state index is 0.319. The van der Waals surface area contributed by atoms with E-state index in [2.05, 4.69) is 32.7 Å². The second-order valence-corrected chi connectivity index (χ2v) is 5.76. The molecule has 0 aliphatic carbocycles. The molecule has 76 valence electrons. The van der Waals surface area contributed by atoms with Gasteiger partial charge in [0, 0.05) is 32.7 Å². The Hall–Kier alpha value is 0.400. The average Bonchev–Trinajstić information content (AvgIpc) is 2.16. The third-order valence-corrected chi connectivity index (χ3v) is 4.47. The van der Waals surface area contributed by atoms with E-state index in [-0.39, 0.29) is 0 Å². The van der Waals surface area contributed by atoms with Gasteiger partial charge in [-0.15, -0.1) is 0 Å². The van der Waals surface area contributed by atoms with Crippen LogP contribution in [0.3, 0.4) is 0 Å². The lowest BCUT2D eigenvalue weighted by Crippen LogP contribution is -2.65. The number of hydrogen-bond donors (Lipinski definition) is 0. The second-order valence-electron chi connectivity index (χ2n) is 4.28. The van der Waals surface area contributed by atoms with Crippen molar-refractivity contribution in [3.63, 3.8) is 0 Å². The molecule has 3 saturated heterocycles. The molecule has 2 bridgehead atoms. The molecule has 0 aromatic carbocycles. The second kappa shape index (κ2) is 3.87. The van der Waals surface area contributed by atoms with Crippen LogP contribution >= 0.6 is 15.9 Å². The lowest BCUT2D eigenvalue weighted by molar-refractivity contribution is -0.00578. The summed E-state index contributed by atoms with van der Waals surface area (Å²) in [6.07, 6.45) is 3.96. The summed E-state index contributed by atoms with van der Waals surface area (Å²) in [4.78, 5) is 5.22. The van der Waals surface area contributed by atoms with Gasteiger partial charge in [-0.1, -0.05) is 35.7 Å². The van der Waals surface area contributed by atoms with Crippen LogP contribution in [-0.4, -0.2) is 47.0 Å². The Kier molecular flexibility index (Phi) is 2.96. The molecule has 0 radical (unpaired) electrons. The zero-order valence-electron chi connectivity index (χ0n) is 8.43. The normalized spacial score (nSPS) is 43.8. The summed E-state index contributed by atoms with van der Waals surface area (Å²) in [5.74, 6) is 0. The molecule has 3 heteroatoms. The first-order valence-corrected chi connectivity index (χ1v) is 6.20. The molecule has 3 aliphatic heterocycles. The monoisotopic (exact) mass is 246 g/mol. The van der Waals surface area contributed by atoms with Crippen molar-refractivity contribution in [3.8, 4) is 0 Å². The van der Waals surface area contributed by atoms with E-state index in [1.54, 1.807) is 0 Å². The number of nitrogens with zero attached hydrogens (tertiary/aromatic N) is 2. The number of piperazine rings is 3. The Morgan fingerprint density at radius 2 is 1.92 bits per heavy atom. The van der Waals surface area contributed by atoms with Gasteiger partial charge in [0.1, 0.15) is 0 Å². The predicted molar refractivity (Wildman–Crippen MR) is 59.2 cm³/mol. The van der Waals surface area contributed by atoms with Crippen molar-refractivity contribution in [2.45, 2.75) is 30.6 Å². The molecule has 2 nitrogen and oxygen atoms in total. The van der Waals surface area contributed by atoms with Gasteiger partial charge in [-0.3, -0.25) is 9.80 Å². The number of unbranched alkanes of at least 4 members (excludes halogenated alkanes) is 1. The molecular formula is C10H19BrN2. The van der Waals surface area contributed by atoms with Gasteiger partial charge in [-0.25, -0.2) is 0 Å². The summed E-state index contributed by atoms with van der Waals surface area (Å²) in [7, 11) is 0. The number of halogens is 1. The summed E-state index contributed by atoms with van der Waals surface area (Å²) >= 11 is 3.94. The minimum absolute atomic E-state index is 0.319. The van der Waals surface area contributed by atoms with E-state index in [0.29, 0.717) is 4.45 Å².